The van der Waals surface area contributed by atoms with Crippen molar-refractivity contribution in [2.24, 2.45) is 0 Å². The summed E-state index contributed by atoms with van der Waals surface area (Å²) in [6, 6.07) is 12.4. The smallest absolute Gasteiger partial charge is 0.102 e. The minimum Gasteiger partial charge on any atom is -0.384 e. The molecule has 1 aliphatic carbocycles. The minimum absolute atomic E-state index is 0.178. The van der Waals surface area contributed by atoms with Crippen LogP contribution in [0, 0.1) is 0 Å². The first-order valence-electron chi connectivity index (χ1n) is 7.63. The summed E-state index contributed by atoms with van der Waals surface area (Å²) in [4.78, 5) is 4.15. The summed E-state index contributed by atoms with van der Waals surface area (Å²) < 4.78 is 0. The van der Waals surface area contributed by atoms with E-state index in [-0.39, 0.29) is 6.04 Å². The number of nitrogens with one attached hydrogen (secondary N) is 1. The first-order valence-corrected chi connectivity index (χ1v) is 7.63. The van der Waals surface area contributed by atoms with E-state index in [1.807, 2.05) is 18.3 Å². The van der Waals surface area contributed by atoms with E-state index in [9.17, 15) is 5.11 Å². The lowest BCUT2D eigenvalue weighted by Gasteiger charge is -2.35. The van der Waals surface area contributed by atoms with E-state index in [2.05, 4.69) is 41.5 Å². The highest BCUT2D eigenvalue weighted by atomic mass is 16.3. The molecule has 3 rings (SSSR count). The number of rotatable bonds is 4. The molecule has 1 aliphatic rings. The average molecular weight is 282 g/mol. The summed E-state index contributed by atoms with van der Waals surface area (Å²) in [6.07, 6.45) is 6.57. The molecule has 0 bridgehead atoms. The lowest BCUT2D eigenvalue weighted by Crippen LogP contribution is -2.41. The molecule has 2 N–H and O–H groups in total. The molecule has 110 valence electrons. The van der Waals surface area contributed by atoms with Gasteiger partial charge in [-0.05, 0) is 48.9 Å². The summed E-state index contributed by atoms with van der Waals surface area (Å²) in [5, 5.41) is 14.5. The van der Waals surface area contributed by atoms with Crippen LogP contribution in [0.15, 0.2) is 48.8 Å². The Bertz CT molecular complexity index is 599. The van der Waals surface area contributed by atoms with Crippen molar-refractivity contribution in [3.8, 4) is 0 Å². The van der Waals surface area contributed by atoms with Crippen LogP contribution >= 0.6 is 0 Å². The minimum atomic E-state index is -0.759. The molecule has 0 radical (unpaired) electrons. The van der Waals surface area contributed by atoms with Crippen LogP contribution in [0.2, 0.25) is 0 Å². The van der Waals surface area contributed by atoms with E-state index in [1.54, 1.807) is 6.20 Å². The predicted molar refractivity (Wildman–Crippen MR) is 83.9 cm³/mol. The molecule has 1 aromatic carbocycles. The van der Waals surface area contributed by atoms with E-state index >= 15 is 0 Å². The summed E-state index contributed by atoms with van der Waals surface area (Å²) >= 11 is 0. The fourth-order valence-corrected chi connectivity index (χ4v) is 3.15. The molecule has 21 heavy (non-hydrogen) atoms. The van der Waals surface area contributed by atoms with Crippen LogP contribution in [-0.4, -0.2) is 16.6 Å². The van der Waals surface area contributed by atoms with Crippen LogP contribution in [0.5, 0.6) is 0 Å². The fourth-order valence-electron chi connectivity index (χ4n) is 3.15. The lowest BCUT2D eigenvalue weighted by molar-refractivity contribution is 0.0170. The highest BCUT2D eigenvalue weighted by Crippen LogP contribution is 2.35. The number of benzene rings is 1. The molecule has 2 aromatic rings. The molecule has 3 heteroatoms. The van der Waals surface area contributed by atoms with Crippen molar-refractivity contribution >= 4 is 0 Å². The molecule has 3 nitrogen and oxygen atoms in total. The molecule has 0 fully saturated rings. The largest absolute Gasteiger partial charge is 0.384 e. The van der Waals surface area contributed by atoms with Gasteiger partial charge < -0.3 is 10.4 Å². The normalized spacial score (nSPS) is 22.6. The van der Waals surface area contributed by atoms with Crippen molar-refractivity contribution < 1.29 is 5.11 Å². The van der Waals surface area contributed by atoms with Gasteiger partial charge in [0.15, 0.2) is 0 Å². The Labute approximate surface area is 126 Å². The lowest BCUT2D eigenvalue weighted by atomic mass is 9.79. The number of pyridine rings is 1. The molecule has 0 amide bonds. The Morgan fingerprint density at radius 3 is 2.95 bits per heavy atom. The first kappa shape index (κ1) is 14.2. The molecule has 0 aliphatic heterocycles. The SMILES string of the molecule is CC(NCC1(O)CCCc2ccccc21)c1cccnc1. The summed E-state index contributed by atoms with van der Waals surface area (Å²) in [7, 11) is 0. The third-order valence-electron chi connectivity index (χ3n) is 4.44. The second-order valence-electron chi connectivity index (χ2n) is 5.93. The zero-order chi connectivity index (χ0) is 14.7. The third-order valence-corrected chi connectivity index (χ3v) is 4.44. The van der Waals surface area contributed by atoms with E-state index in [1.165, 1.54) is 5.56 Å². The monoisotopic (exact) mass is 282 g/mol. The third kappa shape index (κ3) is 2.99. The van der Waals surface area contributed by atoms with Crippen LogP contribution < -0.4 is 5.32 Å². The van der Waals surface area contributed by atoms with Gasteiger partial charge in [-0.2, -0.15) is 0 Å². The Balaban J connectivity index is 1.73. The maximum absolute atomic E-state index is 11.0. The van der Waals surface area contributed by atoms with E-state index in [0.29, 0.717) is 6.54 Å². The van der Waals surface area contributed by atoms with Gasteiger partial charge in [-0.3, -0.25) is 4.98 Å². The number of aliphatic hydroxyl groups is 1. The Kier molecular flexibility index (Phi) is 4.04. The van der Waals surface area contributed by atoms with Crippen LogP contribution in [0.3, 0.4) is 0 Å². The van der Waals surface area contributed by atoms with Gasteiger partial charge in [0.05, 0.1) is 0 Å². The Hall–Kier alpha value is -1.71. The van der Waals surface area contributed by atoms with Crippen molar-refractivity contribution in [1.82, 2.24) is 10.3 Å². The van der Waals surface area contributed by atoms with Crippen molar-refractivity contribution in [2.75, 3.05) is 6.54 Å². The number of hydrogen-bond acceptors (Lipinski definition) is 3. The van der Waals surface area contributed by atoms with Crippen LogP contribution in [0.4, 0.5) is 0 Å². The number of nitrogens with zero attached hydrogens (tertiary/aromatic N) is 1. The summed E-state index contributed by atoms with van der Waals surface area (Å²) in [5.41, 5.74) is 2.75. The predicted octanol–water partition coefficient (Wildman–Crippen LogP) is 2.96. The van der Waals surface area contributed by atoms with Crippen LogP contribution in [-0.2, 0) is 12.0 Å². The van der Waals surface area contributed by atoms with Crippen molar-refractivity contribution in [3.05, 3.63) is 65.5 Å². The maximum atomic E-state index is 11.0. The van der Waals surface area contributed by atoms with E-state index in [4.69, 9.17) is 0 Å². The van der Waals surface area contributed by atoms with Crippen LogP contribution in [0.25, 0.3) is 0 Å². The van der Waals surface area contributed by atoms with Gasteiger partial charge in [-0.15, -0.1) is 0 Å². The number of aryl methyl sites for hydroxylation is 1. The highest BCUT2D eigenvalue weighted by molar-refractivity contribution is 5.35. The van der Waals surface area contributed by atoms with Crippen molar-refractivity contribution in [1.29, 1.82) is 0 Å². The molecule has 1 aromatic heterocycles. The zero-order valence-electron chi connectivity index (χ0n) is 12.4. The second kappa shape index (κ2) is 5.96. The van der Waals surface area contributed by atoms with Gasteiger partial charge in [0.25, 0.3) is 0 Å². The topological polar surface area (TPSA) is 45.1 Å². The molecule has 0 spiro atoms. The van der Waals surface area contributed by atoms with Crippen molar-refractivity contribution in [3.63, 3.8) is 0 Å². The molecule has 2 unspecified atom stereocenters. The van der Waals surface area contributed by atoms with E-state index in [0.717, 1.165) is 30.4 Å². The van der Waals surface area contributed by atoms with Crippen LogP contribution in [0.1, 0.15) is 42.5 Å². The van der Waals surface area contributed by atoms with Gasteiger partial charge in [0.2, 0.25) is 0 Å². The maximum Gasteiger partial charge on any atom is 0.102 e. The van der Waals surface area contributed by atoms with Gasteiger partial charge in [0, 0.05) is 25.0 Å². The van der Waals surface area contributed by atoms with Gasteiger partial charge in [-0.1, -0.05) is 30.3 Å². The quantitative estimate of drug-likeness (QED) is 0.906. The fraction of sp³-hybridized carbons (Fsp3) is 0.389. The Morgan fingerprint density at radius 1 is 1.29 bits per heavy atom. The van der Waals surface area contributed by atoms with Gasteiger partial charge >= 0.3 is 0 Å². The molecule has 1 heterocycles. The second-order valence-corrected chi connectivity index (χ2v) is 5.93. The highest BCUT2D eigenvalue weighted by Gasteiger charge is 2.34. The van der Waals surface area contributed by atoms with Crippen molar-refractivity contribution in [2.45, 2.75) is 37.8 Å². The van der Waals surface area contributed by atoms with E-state index < -0.39 is 5.60 Å². The average Bonchev–Trinajstić information content (AvgIpc) is 2.54. The summed E-state index contributed by atoms with van der Waals surface area (Å²) in [5.74, 6) is 0. The van der Waals surface area contributed by atoms with Gasteiger partial charge in [-0.25, -0.2) is 0 Å². The first-order chi connectivity index (χ1) is 10.2. The molecular formula is C18H22N2O. The zero-order valence-corrected chi connectivity index (χ0v) is 12.4. The number of fused-ring (bicyclic) bond motifs is 1. The number of hydrogen-bond donors (Lipinski definition) is 2. The summed E-state index contributed by atoms with van der Waals surface area (Å²) in [6.45, 7) is 2.68. The molecule has 0 saturated carbocycles. The number of aromatic nitrogens is 1. The molecule has 2 atom stereocenters. The molecular weight excluding hydrogens is 260 g/mol. The van der Waals surface area contributed by atoms with Gasteiger partial charge in [0.1, 0.15) is 5.60 Å². The molecule has 0 saturated heterocycles. The standard InChI is InChI=1S/C18H22N2O/c1-14(16-8-5-11-19-12-16)20-13-18(21)10-4-7-15-6-2-3-9-17(15)18/h2-3,5-6,8-9,11-12,14,20-21H,4,7,10,13H2,1H3. The Morgan fingerprint density at radius 2 is 2.14 bits per heavy atom.